The first-order valence-electron chi connectivity index (χ1n) is 8.20. The van der Waals surface area contributed by atoms with Crippen molar-refractivity contribution in [1.82, 2.24) is 15.1 Å². The lowest BCUT2D eigenvalue weighted by Gasteiger charge is -2.29. The molecule has 1 aliphatic carbocycles. The molecular weight excluding hydrogens is 310 g/mol. The highest BCUT2D eigenvalue weighted by molar-refractivity contribution is 6.31. The first kappa shape index (κ1) is 16.1. The maximum atomic E-state index is 12.4. The van der Waals surface area contributed by atoms with Crippen LogP contribution < -0.4 is 5.32 Å². The van der Waals surface area contributed by atoms with Gasteiger partial charge in [-0.25, -0.2) is 0 Å². The van der Waals surface area contributed by atoms with Gasteiger partial charge in [0.15, 0.2) is 0 Å². The standard InChI is InChI=1S/C18H22ClN3O/c1-13-6-2-5-9-17(13)21-18(23)15-10-20-22(12-15)11-14-7-3-4-8-16(14)19/h3-4,7-8,10,12-13,17H,2,5-6,9,11H2,1H3,(H,21,23)/t13-,17-/m1/s1. The van der Waals surface area contributed by atoms with E-state index < -0.39 is 0 Å². The van der Waals surface area contributed by atoms with Crippen molar-refractivity contribution in [2.24, 2.45) is 5.92 Å². The Hall–Kier alpha value is -1.81. The predicted molar refractivity (Wildman–Crippen MR) is 91.7 cm³/mol. The summed E-state index contributed by atoms with van der Waals surface area (Å²) in [6.45, 7) is 2.78. The summed E-state index contributed by atoms with van der Waals surface area (Å²) in [5, 5.41) is 8.15. The molecule has 4 nitrogen and oxygen atoms in total. The number of carbonyl (C=O) groups is 1. The molecule has 1 saturated carbocycles. The Morgan fingerprint density at radius 3 is 2.91 bits per heavy atom. The van der Waals surface area contributed by atoms with Crippen LogP contribution in [0.1, 0.15) is 48.5 Å². The van der Waals surface area contributed by atoms with E-state index in [1.165, 1.54) is 19.3 Å². The third kappa shape index (κ3) is 3.94. The average Bonchev–Trinajstić information content (AvgIpc) is 3.01. The minimum absolute atomic E-state index is 0.0332. The van der Waals surface area contributed by atoms with Crippen molar-refractivity contribution in [2.75, 3.05) is 0 Å². The van der Waals surface area contributed by atoms with Crippen LogP contribution in [-0.2, 0) is 6.54 Å². The van der Waals surface area contributed by atoms with Gasteiger partial charge in [0, 0.05) is 17.3 Å². The highest BCUT2D eigenvalue weighted by Gasteiger charge is 2.23. The molecule has 3 rings (SSSR count). The van der Waals surface area contributed by atoms with Gasteiger partial charge in [0.2, 0.25) is 0 Å². The second-order valence-corrected chi connectivity index (χ2v) is 6.77. The number of aromatic nitrogens is 2. The summed E-state index contributed by atoms with van der Waals surface area (Å²) in [6.07, 6.45) is 8.13. The molecule has 0 saturated heterocycles. The zero-order valence-corrected chi connectivity index (χ0v) is 14.1. The Morgan fingerprint density at radius 1 is 1.35 bits per heavy atom. The molecule has 1 aromatic carbocycles. The summed E-state index contributed by atoms with van der Waals surface area (Å²) >= 11 is 6.17. The van der Waals surface area contributed by atoms with Gasteiger partial charge in [0.1, 0.15) is 0 Å². The van der Waals surface area contributed by atoms with Gasteiger partial charge in [0.05, 0.1) is 18.3 Å². The van der Waals surface area contributed by atoms with E-state index in [0.717, 1.165) is 12.0 Å². The molecule has 23 heavy (non-hydrogen) atoms. The summed E-state index contributed by atoms with van der Waals surface area (Å²) in [7, 11) is 0. The first-order valence-corrected chi connectivity index (χ1v) is 8.58. The number of nitrogens with one attached hydrogen (secondary N) is 1. The highest BCUT2D eigenvalue weighted by atomic mass is 35.5. The Morgan fingerprint density at radius 2 is 2.13 bits per heavy atom. The van der Waals surface area contributed by atoms with E-state index in [-0.39, 0.29) is 11.9 Å². The molecule has 5 heteroatoms. The number of halogens is 1. The van der Waals surface area contributed by atoms with Gasteiger partial charge in [-0.1, -0.05) is 49.6 Å². The fraction of sp³-hybridized carbons (Fsp3) is 0.444. The van der Waals surface area contributed by atoms with Gasteiger partial charge in [-0.05, 0) is 30.4 Å². The van der Waals surface area contributed by atoms with Crippen LogP contribution in [0.15, 0.2) is 36.7 Å². The van der Waals surface area contributed by atoms with Gasteiger partial charge >= 0.3 is 0 Å². The molecule has 0 aliphatic heterocycles. The molecule has 2 aromatic rings. The Bertz CT molecular complexity index is 682. The monoisotopic (exact) mass is 331 g/mol. The van der Waals surface area contributed by atoms with Crippen molar-refractivity contribution >= 4 is 17.5 Å². The van der Waals surface area contributed by atoms with Crippen molar-refractivity contribution in [3.63, 3.8) is 0 Å². The third-order valence-corrected chi connectivity index (χ3v) is 4.98. The van der Waals surface area contributed by atoms with Crippen molar-refractivity contribution in [3.05, 3.63) is 52.8 Å². The molecule has 1 N–H and O–H groups in total. The Labute approximate surface area is 141 Å². The molecule has 1 aromatic heterocycles. The Kier molecular flexibility index (Phi) is 5.01. The number of amides is 1. The molecular formula is C18H22ClN3O. The van der Waals surface area contributed by atoms with Crippen LogP contribution in [-0.4, -0.2) is 21.7 Å². The lowest BCUT2D eigenvalue weighted by molar-refractivity contribution is 0.0910. The van der Waals surface area contributed by atoms with Gasteiger partial charge in [-0.3, -0.25) is 9.48 Å². The van der Waals surface area contributed by atoms with Crippen molar-refractivity contribution in [2.45, 2.75) is 45.2 Å². The summed E-state index contributed by atoms with van der Waals surface area (Å²) in [6, 6.07) is 7.96. The van der Waals surface area contributed by atoms with Crippen LogP contribution in [0.25, 0.3) is 0 Å². The van der Waals surface area contributed by atoms with Gasteiger partial charge in [-0.15, -0.1) is 0 Å². The molecule has 1 amide bonds. The van der Waals surface area contributed by atoms with E-state index in [9.17, 15) is 4.79 Å². The van der Waals surface area contributed by atoms with Crippen LogP contribution >= 0.6 is 11.6 Å². The topological polar surface area (TPSA) is 46.9 Å². The van der Waals surface area contributed by atoms with Crippen LogP contribution in [0.5, 0.6) is 0 Å². The number of hydrogen-bond acceptors (Lipinski definition) is 2. The fourth-order valence-electron chi connectivity index (χ4n) is 3.15. The highest BCUT2D eigenvalue weighted by Crippen LogP contribution is 2.24. The fourth-order valence-corrected chi connectivity index (χ4v) is 3.35. The molecule has 0 bridgehead atoms. The van der Waals surface area contributed by atoms with E-state index in [4.69, 9.17) is 11.6 Å². The van der Waals surface area contributed by atoms with E-state index >= 15 is 0 Å². The van der Waals surface area contributed by atoms with Crippen molar-refractivity contribution < 1.29 is 4.79 Å². The van der Waals surface area contributed by atoms with E-state index in [1.54, 1.807) is 17.1 Å². The average molecular weight is 332 g/mol. The van der Waals surface area contributed by atoms with Crippen LogP contribution in [0.3, 0.4) is 0 Å². The SMILES string of the molecule is C[C@@H]1CCCC[C@H]1NC(=O)c1cnn(Cc2ccccc2Cl)c1. The zero-order valence-electron chi connectivity index (χ0n) is 13.3. The van der Waals surface area contributed by atoms with Crippen molar-refractivity contribution in [3.8, 4) is 0 Å². The number of hydrogen-bond donors (Lipinski definition) is 1. The third-order valence-electron chi connectivity index (χ3n) is 4.61. The van der Waals surface area contributed by atoms with Crippen LogP contribution in [0.4, 0.5) is 0 Å². The number of carbonyl (C=O) groups excluding carboxylic acids is 1. The van der Waals surface area contributed by atoms with Crippen molar-refractivity contribution in [1.29, 1.82) is 0 Å². The molecule has 2 atom stereocenters. The lowest BCUT2D eigenvalue weighted by atomic mass is 9.86. The Balaban J connectivity index is 1.64. The maximum Gasteiger partial charge on any atom is 0.254 e. The number of benzene rings is 1. The molecule has 0 unspecified atom stereocenters. The molecule has 0 radical (unpaired) electrons. The second-order valence-electron chi connectivity index (χ2n) is 6.36. The largest absolute Gasteiger partial charge is 0.349 e. The quantitative estimate of drug-likeness (QED) is 0.923. The first-order chi connectivity index (χ1) is 11.1. The molecule has 1 aliphatic rings. The van der Waals surface area contributed by atoms with Gasteiger partial charge in [-0.2, -0.15) is 5.10 Å². The summed E-state index contributed by atoms with van der Waals surface area (Å²) in [5.41, 5.74) is 1.60. The predicted octanol–water partition coefficient (Wildman–Crippen LogP) is 3.89. The maximum absolute atomic E-state index is 12.4. The van der Waals surface area contributed by atoms with E-state index in [2.05, 4.69) is 17.3 Å². The molecule has 122 valence electrons. The molecule has 1 fully saturated rings. The number of nitrogens with zero attached hydrogens (tertiary/aromatic N) is 2. The van der Waals surface area contributed by atoms with Gasteiger partial charge in [0.25, 0.3) is 5.91 Å². The van der Waals surface area contributed by atoms with Gasteiger partial charge < -0.3 is 5.32 Å². The normalized spacial score (nSPS) is 21.1. The van der Waals surface area contributed by atoms with E-state index in [0.29, 0.717) is 23.0 Å². The smallest absolute Gasteiger partial charge is 0.254 e. The van der Waals surface area contributed by atoms with Crippen LogP contribution in [0.2, 0.25) is 5.02 Å². The van der Waals surface area contributed by atoms with Crippen LogP contribution in [0, 0.1) is 5.92 Å². The molecule has 1 heterocycles. The second kappa shape index (κ2) is 7.18. The summed E-state index contributed by atoms with van der Waals surface area (Å²) < 4.78 is 1.75. The lowest BCUT2D eigenvalue weighted by Crippen LogP contribution is -2.40. The zero-order chi connectivity index (χ0) is 16.2. The summed E-state index contributed by atoms with van der Waals surface area (Å²) in [4.78, 5) is 12.4. The summed E-state index contributed by atoms with van der Waals surface area (Å²) in [5.74, 6) is 0.514. The number of rotatable bonds is 4. The molecule has 0 spiro atoms. The van der Waals surface area contributed by atoms with E-state index in [1.807, 2.05) is 24.3 Å². The minimum atomic E-state index is -0.0332. The minimum Gasteiger partial charge on any atom is -0.349 e.